The second kappa shape index (κ2) is 9.98. The maximum absolute atomic E-state index is 13.4. The molecule has 1 amide bonds. The van der Waals surface area contributed by atoms with Crippen LogP contribution in [0, 0.1) is 0 Å². The molecule has 5 aromatic rings. The summed E-state index contributed by atoms with van der Waals surface area (Å²) in [7, 11) is 0. The van der Waals surface area contributed by atoms with Crippen LogP contribution in [0.15, 0.2) is 95.5 Å². The summed E-state index contributed by atoms with van der Waals surface area (Å²) in [5.74, 6) is 0.906. The van der Waals surface area contributed by atoms with Gasteiger partial charge in [-0.2, -0.15) is 0 Å². The van der Waals surface area contributed by atoms with E-state index in [-0.39, 0.29) is 18.0 Å². The highest BCUT2D eigenvalue weighted by Crippen LogP contribution is 2.21. The summed E-state index contributed by atoms with van der Waals surface area (Å²) in [5, 5.41) is 8.93. The number of hydrogen-bond acceptors (Lipinski definition) is 3. The fourth-order valence-electron chi connectivity index (χ4n) is 4.45. The summed E-state index contributed by atoms with van der Waals surface area (Å²) in [6.07, 6.45) is 3.31. The Labute approximate surface area is 199 Å². The lowest BCUT2D eigenvalue weighted by Crippen LogP contribution is -2.46. The van der Waals surface area contributed by atoms with Crippen molar-refractivity contribution in [3.63, 3.8) is 0 Å². The minimum atomic E-state index is -0.366. The number of hydrogen-bond donors (Lipinski definition) is 3. The molecule has 0 fully saturated rings. The van der Waals surface area contributed by atoms with Gasteiger partial charge in [-0.05, 0) is 42.7 Å². The molecule has 0 spiro atoms. The lowest BCUT2D eigenvalue weighted by atomic mass is 10.0. The van der Waals surface area contributed by atoms with Crippen molar-refractivity contribution in [2.75, 3.05) is 6.54 Å². The van der Waals surface area contributed by atoms with Crippen molar-refractivity contribution in [3.05, 3.63) is 108 Å². The predicted molar refractivity (Wildman–Crippen MR) is 137 cm³/mol. The van der Waals surface area contributed by atoms with Gasteiger partial charge < -0.3 is 20.0 Å². The third-order valence-electron chi connectivity index (χ3n) is 6.31. The summed E-state index contributed by atoms with van der Waals surface area (Å²) in [6.45, 7) is 2.66. The number of benzene rings is 3. The van der Waals surface area contributed by atoms with Crippen LogP contribution in [0.1, 0.15) is 29.9 Å². The number of para-hydroxylation sites is 2. The lowest BCUT2D eigenvalue weighted by molar-refractivity contribution is -0.123. The van der Waals surface area contributed by atoms with Crippen LogP contribution >= 0.6 is 0 Å². The Bertz CT molecular complexity index is 1350. The molecule has 2 atom stereocenters. The maximum atomic E-state index is 13.4. The van der Waals surface area contributed by atoms with Crippen molar-refractivity contribution in [1.82, 2.24) is 15.6 Å². The number of aromatic nitrogens is 1. The van der Waals surface area contributed by atoms with E-state index in [4.69, 9.17) is 4.42 Å². The summed E-state index contributed by atoms with van der Waals surface area (Å²) in [5.41, 5.74) is 4.18. The molecular weight excluding hydrogens is 422 g/mol. The summed E-state index contributed by atoms with van der Waals surface area (Å²) in [4.78, 5) is 16.7. The second-order valence-corrected chi connectivity index (χ2v) is 8.71. The first kappa shape index (κ1) is 22.0. The number of amides is 1. The van der Waals surface area contributed by atoms with E-state index in [1.165, 1.54) is 0 Å². The Morgan fingerprint density at radius 2 is 1.74 bits per heavy atom. The van der Waals surface area contributed by atoms with Crippen LogP contribution in [0.5, 0.6) is 0 Å². The van der Waals surface area contributed by atoms with Gasteiger partial charge in [-0.1, -0.05) is 66.7 Å². The van der Waals surface area contributed by atoms with Crippen molar-refractivity contribution in [2.45, 2.75) is 31.8 Å². The zero-order valence-corrected chi connectivity index (χ0v) is 19.3. The third-order valence-corrected chi connectivity index (χ3v) is 6.31. The molecule has 3 aromatic carbocycles. The predicted octanol–water partition coefficient (Wildman–Crippen LogP) is 5.53. The minimum absolute atomic E-state index is 0.00811. The molecule has 0 aliphatic heterocycles. The van der Waals surface area contributed by atoms with Gasteiger partial charge in [0.1, 0.15) is 11.3 Å². The number of rotatable bonds is 9. The van der Waals surface area contributed by atoms with Crippen molar-refractivity contribution in [3.8, 4) is 0 Å². The van der Waals surface area contributed by atoms with Crippen molar-refractivity contribution in [1.29, 1.82) is 0 Å². The molecule has 0 aliphatic carbocycles. The maximum Gasteiger partial charge on any atom is 0.237 e. The number of furan rings is 1. The van der Waals surface area contributed by atoms with Gasteiger partial charge in [0.15, 0.2) is 0 Å². The standard InChI is InChI=1S/C29H29N3O2/c1-20(21-9-3-2-4-10-21)32-29(33)27(18-23-19-31-26-13-7-6-12-25(23)26)30-16-15-24-17-22-11-5-8-14-28(22)34-24/h2-14,17,19-20,27,30-31H,15-16,18H2,1H3,(H,32,33). The molecule has 2 heterocycles. The highest BCUT2D eigenvalue weighted by Gasteiger charge is 2.22. The normalized spacial score (nSPS) is 13.2. The smallest absolute Gasteiger partial charge is 0.237 e. The van der Waals surface area contributed by atoms with Crippen molar-refractivity contribution < 1.29 is 9.21 Å². The van der Waals surface area contributed by atoms with Gasteiger partial charge in [0, 0.05) is 35.5 Å². The molecular formula is C29H29N3O2. The van der Waals surface area contributed by atoms with E-state index in [1.54, 1.807) is 0 Å². The molecule has 2 unspecified atom stereocenters. The fraction of sp³-hybridized carbons (Fsp3) is 0.207. The molecule has 172 valence electrons. The second-order valence-electron chi connectivity index (χ2n) is 8.71. The number of carbonyl (C=O) groups excluding carboxylic acids is 1. The highest BCUT2D eigenvalue weighted by molar-refractivity contribution is 5.86. The molecule has 2 aromatic heterocycles. The third kappa shape index (κ3) is 4.90. The summed E-state index contributed by atoms with van der Waals surface area (Å²) < 4.78 is 5.95. The molecule has 0 radical (unpaired) electrons. The number of fused-ring (bicyclic) bond motifs is 2. The first-order valence-electron chi connectivity index (χ1n) is 11.8. The number of aromatic amines is 1. The van der Waals surface area contributed by atoms with Crippen LogP contribution in [-0.4, -0.2) is 23.5 Å². The zero-order valence-electron chi connectivity index (χ0n) is 19.3. The van der Waals surface area contributed by atoms with E-state index in [1.807, 2.05) is 79.9 Å². The lowest BCUT2D eigenvalue weighted by Gasteiger charge is -2.21. The van der Waals surface area contributed by atoms with Crippen LogP contribution in [0.2, 0.25) is 0 Å². The molecule has 5 heteroatoms. The van der Waals surface area contributed by atoms with Gasteiger partial charge in [0.25, 0.3) is 0 Å². The van der Waals surface area contributed by atoms with Crippen molar-refractivity contribution in [2.24, 2.45) is 0 Å². The van der Waals surface area contributed by atoms with Gasteiger partial charge in [-0.25, -0.2) is 0 Å². The van der Waals surface area contributed by atoms with E-state index < -0.39 is 0 Å². The quantitative estimate of drug-likeness (QED) is 0.276. The van der Waals surface area contributed by atoms with E-state index in [0.29, 0.717) is 19.4 Å². The molecule has 34 heavy (non-hydrogen) atoms. The fourth-order valence-corrected chi connectivity index (χ4v) is 4.45. The molecule has 0 saturated carbocycles. The molecule has 5 nitrogen and oxygen atoms in total. The van der Waals surface area contributed by atoms with Gasteiger partial charge in [-0.3, -0.25) is 4.79 Å². The number of H-pyrrole nitrogens is 1. The van der Waals surface area contributed by atoms with Crippen LogP contribution < -0.4 is 10.6 Å². The molecule has 0 saturated heterocycles. The van der Waals surface area contributed by atoms with Gasteiger partial charge >= 0.3 is 0 Å². The topological polar surface area (TPSA) is 70.1 Å². The van der Waals surface area contributed by atoms with Gasteiger partial charge in [0.05, 0.1) is 12.1 Å². The molecule has 0 bridgehead atoms. The van der Waals surface area contributed by atoms with E-state index in [2.05, 4.69) is 33.8 Å². The average Bonchev–Trinajstić information content (AvgIpc) is 3.47. The zero-order chi connectivity index (χ0) is 23.3. The van der Waals surface area contributed by atoms with Crippen LogP contribution in [0.3, 0.4) is 0 Å². The Hall–Kier alpha value is -3.83. The van der Waals surface area contributed by atoms with Crippen LogP contribution in [0.25, 0.3) is 21.9 Å². The summed E-state index contributed by atoms with van der Waals surface area (Å²) >= 11 is 0. The minimum Gasteiger partial charge on any atom is -0.461 e. The average molecular weight is 452 g/mol. The first-order chi connectivity index (χ1) is 16.7. The van der Waals surface area contributed by atoms with Crippen molar-refractivity contribution >= 4 is 27.8 Å². The van der Waals surface area contributed by atoms with Crippen LogP contribution in [-0.2, 0) is 17.6 Å². The van der Waals surface area contributed by atoms with Crippen LogP contribution in [0.4, 0.5) is 0 Å². The molecule has 0 aliphatic rings. The SMILES string of the molecule is CC(NC(=O)C(Cc1c[nH]c2ccccc12)NCCc1cc2ccccc2o1)c1ccccc1. The monoisotopic (exact) mass is 451 g/mol. The Morgan fingerprint density at radius 3 is 2.59 bits per heavy atom. The Morgan fingerprint density at radius 1 is 0.971 bits per heavy atom. The number of nitrogens with one attached hydrogen (secondary N) is 3. The molecule has 3 N–H and O–H groups in total. The first-order valence-corrected chi connectivity index (χ1v) is 11.8. The summed E-state index contributed by atoms with van der Waals surface area (Å²) in [6, 6.07) is 27.9. The van der Waals surface area contributed by atoms with Gasteiger partial charge in [0.2, 0.25) is 5.91 Å². The number of carbonyl (C=O) groups is 1. The van der Waals surface area contributed by atoms with E-state index >= 15 is 0 Å². The Kier molecular flexibility index (Phi) is 6.45. The molecule has 5 rings (SSSR count). The van der Waals surface area contributed by atoms with Gasteiger partial charge in [-0.15, -0.1) is 0 Å². The van der Waals surface area contributed by atoms with E-state index in [0.717, 1.165) is 38.8 Å². The largest absolute Gasteiger partial charge is 0.461 e. The highest BCUT2D eigenvalue weighted by atomic mass is 16.3. The van der Waals surface area contributed by atoms with E-state index in [9.17, 15) is 4.79 Å². The Balaban J connectivity index is 1.30.